The summed E-state index contributed by atoms with van der Waals surface area (Å²) in [6.07, 6.45) is 1.21. The second-order valence-electron chi connectivity index (χ2n) is 7.19. The summed E-state index contributed by atoms with van der Waals surface area (Å²) in [5, 5.41) is 3.27. The predicted octanol–water partition coefficient (Wildman–Crippen LogP) is 6.47. The molecule has 4 nitrogen and oxygen atoms in total. The van der Waals surface area contributed by atoms with Crippen LogP contribution in [0.15, 0.2) is 78.9 Å². The van der Waals surface area contributed by atoms with Crippen molar-refractivity contribution in [2.24, 2.45) is 0 Å². The zero-order valence-electron chi connectivity index (χ0n) is 16.9. The van der Waals surface area contributed by atoms with Crippen LogP contribution in [-0.2, 0) is 19.4 Å². The van der Waals surface area contributed by atoms with Crippen LogP contribution in [0.25, 0.3) is 5.70 Å². The van der Waals surface area contributed by atoms with E-state index in [-0.39, 0.29) is 12.3 Å². The molecule has 0 radical (unpaired) electrons. The Morgan fingerprint density at radius 1 is 0.969 bits per heavy atom. The van der Waals surface area contributed by atoms with E-state index in [1.807, 2.05) is 36.4 Å². The number of nitrogens with zero attached hydrogens (tertiary/aromatic N) is 2. The van der Waals surface area contributed by atoms with Gasteiger partial charge >= 0.3 is 6.18 Å². The van der Waals surface area contributed by atoms with E-state index in [0.29, 0.717) is 30.2 Å². The molecule has 1 aromatic heterocycles. The lowest BCUT2D eigenvalue weighted by molar-refractivity contribution is -0.141. The van der Waals surface area contributed by atoms with Gasteiger partial charge in [0.15, 0.2) is 5.69 Å². The van der Waals surface area contributed by atoms with Crippen molar-refractivity contribution in [2.75, 3.05) is 0 Å². The van der Waals surface area contributed by atoms with Crippen molar-refractivity contribution in [3.63, 3.8) is 0 Å². The van der Waals surface area contributed by atoms with E-state index < -0.39 is 17.2 Å². The standard InChI is InChI=1S/C24H20ClF3N2O2/c25-21-11-4-5-12-22(21)30-18(13-23(29-30)24(26,27)28)16-32-20-10-6-9-19(14-20)31-15-17-7-2-1-3-8-17/h1-10,12-14,21H,11,15-16H2. The first-order valence-corrected chi connectivity index (χ1v) is 10.4. The van der Waals surface area contributed by atoms with E-state index in [4.69, 9.17) is 21.1 Å². The molecule has 0 fully saturated rings. The summed E-state index contributed by atoms with van der Waals surface area (Å²) < 4.78 is 52.6. The van der Waals surface area contributed by atoms with Gasteiger partial charge in [0.1, 0.15) is 24.7 Å². The maximum atomic E-state index is 13.3. The molecule has 0 bridgehead atoms. The van der Waals surface area contributed by atoms with Gasteiger partial charge in [-0.2, -0.15) is 18.3 Å². The third-order valence-corrected chi connectivity index (χ3v) is 5.23. The highest BCUT2D eigenvalue weighted by molar-refractivity contribution is 6.25. The maximum Gasteiger partial charge on any atom is 0.435 e. The van der Waals surface area contributed by atoms with Gasteiger partial charge in [0.05, 0.1) is 16.8 Å². The van der Waals surface area contributed by atoms with E-state index in [9.17, 15) is 13.2 Å². The topological polar surface area (TPSA) is 36.3 Å². The number of hydrogen-bond acceptors (Lipinski definition) is 3. The minimum atomic E-state index is -4.57. The number of rotatable bonds is 7. The second-order valence-corrected chi connectivity index (χ2v) is 7.72. The number of ether oxygens (including phenoxy) is 2. The van der Waals surface area contributed by atoms with E-state index in [0.717, 1.165) is 11.6 Å². The lowest BCUT2D eigenvalue weighted by Crippen LogP contribution is -2.16. The van der Waals surface area contributed by atoms with Crippen LogP contribution in [0.2, 0.25) is 0 Å². The molecular formula is C24H20ClF3N2O2. The van der Waals surface area contributed by atoms with Crippen molar-refractivity contribution in [3.8, 4) is 11.5 Å². The fourth-order valence-electron chi connectivity index (χ4n) is 3.23. The second kappa shape index (κ2) is 9.53. The van der Waals surface area contributed by atoms with Crippen LogP contribution in [0.3, 0.4) is 0 Å². The van der Waals surface area contributed by atoms with Gasteiger partial charge in [-0.3, -0.25) is 0 Å². The number of allylic oxidation sites excluding steroid dienone is 4. The van der Waals surface area contributed by atoms with Crippen molar-refractivity contribution >= 4 is 17.3 Å². The molecule has 2 aromatic carbocycles. The lowest BCUT2D eigenvalue weighted by atomic mass is 10.1. The van der Waals surface area contributed by atoms with Crippen molar-refractivity contribution in [1.82, 2.24) is 9.78 Å². The fourth-order valence-corrected chi connectivity index (χ4v) is 3.50. The van der Waals surface area contributed by atoms with E-state index in [1.165, 1.54) is 4.68 Å². The van der Waals surface area contributed by atoms with Crippen molar-refractivity contribution in [1.29, 1.82) is 0 Å². The smallest absolute Gasteiger partial charge is 0.435 e. The maximum absolute atomic E-state index is 13.3. The monoisotopic (exact) mass is 460 g/mol. The third kappa shape index (κ3) is 5.34. The highest BCUT2D eigenvalue weighted by atomic mass is 35.5. The third-order valence-electron chi connectivity index (χ3n) is 4.83. The molecule has 1 atom stereocenters. The van der Waals surface area contributed by atoms with Crippen LogP contribution in [0.1, 0.15) is 23.4 Å². The number of alkyl halides is 4. The number of hydrogen-bond donors (Lipinski definition) is 0. The van der Waals surface area contributed by atoms with Crippen LogP contribution in [0, 0.1) is 0 Å². The summed E-state index contributed by atoms with van der Waals surface area (Å²) in [6, 6.07) is 17.7. The molecule has 0 saturated carbocycles. The first-order valence-electron chi connectivity index (χ1n) is 9.97. The Hall–Kier alpha value is -3.19. The summed E-state index contributed by atoms with van der Waals surface area (Å²) in [5.74, 6) is 1.06. The number of aromatic nitrogens is 2. The lowest BCUT2D eigenvalue weighted by Gasteiger charge is -2.18. The molecule has 1 unspecified atom stereocenters. The highest BCUT2D eigenvalue weighted by Crippen LogP contribution is 2.32. The fraction of sp³-hybridized carbons (Fsp3) is 0.208. The molecular weight excluding hydrogens is 441 g/mol. The normalized spacial score (nSPS) is 16.0. The molecule has 0 N–H and O–H groups in total. The van der Waals surface area contributed by atoms with Crippen LogP contribution in [-0.4, -0.2) is 15.2 Å². The first-order chi connectivity index (χ1) is 15.4. The Morgan fingerprint density at radius 2 is 1.69 bits per heavy atom. The van der Waals surface area contributed by atoms with Gasteiger partial charge in [0.25, 0.3) is 0 Å². The van der Waals surface area contributed by atoms with Crippen molar-refractivity contribution in [3.05, 3.63) is 95.8 Å². The van der Waals surface area contributed by atoms with Gasteiger partial charge in [0, 0.05) is 6.07 Å². The summed E-state index contributed by atoms with van der Waals surface area (Å²) >= 11 is 6.32. The first kappa shape index (κ1) is 22.0. The molecule has 4 rings (SSSR count). The van der Waals surface area contributed by atoms with Gasteiger partial charge in [-0.1, -0.05) is 48.6 Å². The summed E-state index contributed by atoms with van der Waals surface area (Å²) in [4.78, 5) is 0. The minimum Gasteiger partial charge on any atom is -0.489 e. The largest absolute Gasteiger partial charge is 0.489 e. The van der Waals surface area contributed by atoms with Gasteiger partial charge in [-0.15, -0.1) is 11.6 Å². The molecule has 1 heterocycles. The van der Waals surface area contributed by atoms with E-state index >= 15 is 0 Å². The quantitative estimate of drug-likeness (QED) is 0.379. The molecule has 0 amide bonds. The zero-order chi connectivity index (χ0) is 22.6. The molecule has 32 heavy (non-hydrogen) atoms. The summed E-state index contributed by atoms with van der Waals surface area (Å²) in [6.45, 7) is 0.278. The molecule has 0 saturated heterocycles. The molecule has 3 aromatic rings. The highest BCUT2D eigenvalue weighted by Gasteiger charge is 2.36. The van der Waals surface area contributed by atoms with Crippen LogP contribution < -0.4 is 9.47 Å². The van der Waals surface area contributed by atoms with Gasteiger partial charge in [0.2, 0.25) is 0 Å². The predicted molar refractivity (Wildman–Crippen MR) is 116 cm³/mol. The van der Waals surface area contributed by atoms with Gasteiger partial charge in [-0.25, -0.2) is 4.68 Å². The average Bonchev–Trinajstić information content (AvgIpc) is 3.22. The molecule has 1 aliphatic rings. The summed E-state index contributed by atoms with van der Waals surface area (Å²) in [7, 11) is 0. The number of halogens is 4. The van der Waals surface area contributed by atoms with Crippen LogP contribution >= 0.6 is 11.6 Å². The minimum absolute atomic E-state index is 0.115. The van der Waals surface area contributed by atoms with Crippen molar-refractivity contribution < 1.29 is 22.6 Å². The molecule has 0 aliphatic heterocycles. The average molecular weight is 461 g/mol. The molecule has 8 heteroatoms. The zero-order valence-corrected chi connectivity index (χ0v) is 17.7. The Bertz CT molecular complexity index is 1120. The van der Waals surface area contributed by atoms with Crippen LogP contribution in [0.4, 0.5) is 13.2 Å². The Labute approximate surface area is 188 Å². The summed E-state index contributed by atoms with van der Waals surface area (Å²) in [5.41, 5.74) is 0.756. The Kier molecular flexibility index (Phi) is 6.55. The molecule has 1 aliphatic carbocycles. The van der Waals surface area contributed by atoms with Crippen molar-refractivity contribution in [2.45, 2.75) is 31.2 Å². The Morgan fingerprint density at radius 3 is 2.38 bits per heavy atom. The SMILES string of the molecule is FC(F)(F)c1cc(COc2cccc(OCc3ccccc3)c2)n(C2=CC=CCC2Cl)n1. The van der Waals surface area contributed by atoms with E-state index in [1.54, 1.807) is 36.4 Å². The van der Waals surface area contributed by atoms with Gasteiger partial charge < -0.3 is 9.47 Å². The Balaban J connectivity index is 1.50. The van der Waals surface area contributed by atoms with E-state index in [2.05, 4.69) is 5.10 Å². The molecule has 0 spiro atoms. The molecule has 166 valence electrons. The van der Waals surface area contributed by atoms with Crippen LogP contribution in [0.5, 0.6) is 11.5 Å². The number of benzene rings is 2. The van der Waals surface area contributed by atoms with Gasteiger partial charge in [-0.05, 0) is 36.3 Å².